The van der Waals surface area contributed by atoms with Gasteiger partial charge in [0.05, 0.1) is 6.42 Å². The summed E-state index contributed by atoms with van der Waals surface area (Å²) in [6, 6.07) is 0. The van der Waals surface area contributed by atoms with Crippen LogP contribution >= 0.6 is 15.9 Å². The van der Waals surface area contributed by atoms with Crippen LogP contribution in [-0.2, 0) is 4.79 Å². The van der Waals surface area contributed by atoms with Crippen LogP contribution in [0.15, 0.2) is 12.2 Å². The number of halogens is 1. The van der Waals surface area contributed by atoms with Gasteiger partial charge in [-0.05, 0) is 6.92 Å². The Kier molecular flexibility index (Phi) is 4.40. The molecule has 0 saturated heterocycles. The lowest BCUT2D eigenvalue weighted by atomic mass is 10.3. The Bertz CT molecular complexity index is 118. The Morgan fingerprint density at radius 1 is 1.89 bits per heavy atom. The minimum Gasteiger partial charge on any atom is -0.481 e. The molecule has 2 nitrogen and oxygen atoms in total. The summed E-state index contributed by atoms with van der Waals surface area (Å²) in [6.45, 7) is 1.93. The third-order valence-electron chi connectivity index (χ3n) is 0.694. The quantitative estimate of drug-likeness (QED) is 0.548. The lowest BCUT2D eigenvalue weighted by Gasteiger charge is -1.88. The third-order valence-corrected chi connectivity index (χ3v) is 0.999. The predicted molar refractivity (Wildman–Crippen MR) is 39.8 cm³/mol. The number of carboxylic acids is 1. The molecule has 1 atom stereocenters. The number of carbonyl (C=O) groups is 1. The summed E-state index contributed by atoms with van der Waals surface area (Å²) < 4.78 is 0. The van der Waals surface area contributed by atoms with Crippen molar-refractivity contribution in [3.63, 3.8) is 0 Å². The SMILES string of the molecule is CC(Br)/C=C/CC(=O)O. The van der Waals surface area contributed by atoms with E-state index in [4.69, 9.17) is 5.11 Å². The molecule has 0 heterocycles. The van der Waals surface area contributed by atoms with E-state index < -0.39 is 5.97 Å². The van der Waals surface area contributed by atoms with Gasteiger partial charge in [0.15, 0.2) is 0 Å². The second kappa shape index (κ2) is 4.56. The molecule has 0 aliphatic carbocycles. The van der Waals surface area contributed by atoms with Crippen molar-refractivity contribution < 1.29 is 9.90 Å². The molecule has 3 heteroatoms. The maximum atomic E-state index is 9.91. The van der Waals surface area contributed by atoms with Gasteiger partial charge < -0.3 is 5.11 Å². The summed E-state index contributed by atoms with van der Waals surface area (Å²) in [5.74, 6) is -0.792. The molecule has 0 radical (unpaired) electrons. The molecule has 0 aromatic carbocycles. The van der Waals surface area contributed by atoms with Crippen molar-refractivity contribution in [1.82, 2.24) is 0 Å². The average Bonchev–Trinajstić information content (AvgIpc) is 1.63. The van der Waals surface area contributed by atoms with E-state index in [2.05, 4.69) is 15.9 Å². The monoisotopic (exact) mass is 192 g/mol. The number of hydrogen-bond donors (Lipinski definition) is 1. The second-order valence-corrected chi connectivity index (χ2v) is 3.15. The van der Waals surface area contributed by atoms with E-state index in [9.17, 15) is 4.79 Å². The number of aliphatic carboxylic acids is 1. The summed E-state index contributed by atoms with van der Waals surface area (Å²) in [4.78, 5) is 10.2. The van der Waals surface area contributed by atoms with Gasteiger partial charge in [0.1, 0.15) is 0 Å². The van der Waals surface area contributed by atoms with Crippen LogP contribution in [0.1, 0.15) is 13.3 Å². The Balaban J connectivity index is 3.36. The maximum absolute atomic E-state index is 9.91. The molecule has 1 unspecified atom stereocenters. The Morgan fingerprint density at radius 2 is 2.44 bits per heavy atom. The van der Waals surface area contributed by atoms with E-state index in [1.165, 1.54) is 0 Å². The van der Waals surface area contributed by atoms with Crippen molar-refractivity contribution in [2.24, 2.45) is 0 Å². The van der Waals surface area contributed by atoms with Crippen LogP contribution in [-0.4, -0.2) is 15.9 Å². The van der Waals surface area contributed by atoms with Crippen molar-refractivity contribution in [3.05, 3.63) is 12.2 Å². The van der Waals surface area contributed by atoms with Crippen molar-refractivity contribution >= 4 is 21.9 Å². The smallest absolute Gasteiger partial charge is 0.307 e. The van der Waals surface area contributed by atoms with Crippen molar-refractivity contribution in [2.45, 2.75) is 18.2 Å². The molecular weight excluding hydrogens is 184 g/mol. The molecule has 0 rings (SSSR count). The molecular formula is C6H9BrO2. The third kappa shape index (κ3) is 7.69. The fraction of sp³-hybridized carbons (Fsp3) is 0.500. The van der Waals surface area contributed by atoms with Crippen LogP contribution in [0.2, 0.25) is 0 Å². The number of hydrogen-bond acceptors (Lipinski definition) is 1. The first-order valence-electron chi connectivity index (χ1n) is 2.65. The summed E-state index contributed by atoms with van der Waals surface area (Å²) >= 11 is 3.24. The lowest BCUT2D eigenvalue weighted by Crippen LogP contribution is -1.90. The van der Waals surface area contributed by atoms with Gasteiger partial charge in [-0.3, -0.25) is 4.79 Å². The highest BCUT2D eigenvalue weighted by Crippen LogP contribution is 1.98. The van der Waals surface area contributed by atoms with Crippen molar-refractivity contribution in [1.29, 1.82) is 0 Å². The number of alkyl halides is 1. The van der Waals surface area contributed by atoms with E-state index in [1.54, 1.807) is 12.2 Å². The Hall–Kier alpha value is -0.310. The zero-order chi connectivity index (χ0) is 7.28. The van der Waals surface area contributed by atoms with Gasteiger partial charge in [-0.15, -0.1) is 0 Å². The van der Waals surface area contributed by atoms with Crippen molar-refractivity contribution in [2.75, 3.05) is 0 Å². The standard InChI is InChI=1S/C6H9BrO2/c1-5(7)3-2-4-6(8)9/h2-3,5H,4H2,1H3,(H,8,9)/b3-2+. The highest BCUT2D eigenvalue weighted by molar-refractivity contribution is 9.09. The maximum Gasteiger partial charge on any atom is 0.307 e. The van der Waals surface area contributed by atoms with E-state index in [0.717, 1.165) is 0 Å². The molecule has 0 spiro atoms. The fourth-order valence-electron chi connectivity index (χ4n) is 0.356. The molecule has 0 fully saturated rings. The number of allylic oxidation sites excluding steroid dienone is 1. The van der Waals surface area contributed by atoms with Crippen LogP contribution in [0, 0.1) is 0 Å². The first kappa shape index (κ1) is 8.69. The zero-order valence-electron chi connectivity index (χ0n) is 5.17. The second-order valence-electron chi connectivity index (χ2n) is 1.70. The normalized spacial score (nSPS) is 14.0. The molecule has 0 aliphatic heterocycles. The topological polar surface area (TPSA) is 37.3 Å². The Morgan fingerprint density at radius 3 is 2.78 bits per heavy atom. The van der Waals surface area contributed by atoms with Gasteiger partial charge in [-0.2, -0.15) is 0 Å². The fourth-order valence-corrected chi connectivity index (χ4v) is 0.572. The minimum absolute atomic E-state index is 0.107. The van der Waals surface area contributed by atoms with Gasteiger partial charge in [0, 0.05) is 4.83 Å². The van der Waals surface area contributed by atoms with Gasteiger partial charge in [0.25, 0.3) is 0 Å². The van der Waals surface area contributed by atoms with Gasteiger partial charge in [-0.25, -0.2) is 0 Å². The summed E-state index contributed by atoms with van der Waals surface area (Å²) in [7, 11) is 0. The van der Waals surface area contributed by atoms with E-state index >= 15 is 0 Å². The first-order valence-corrected chi connectivity index (χ1v) is 3.57. The summed E-state index contributed by atoms with van der Waals surface area (Å²) in [6.07, 6.45) is 3.53. The molecule has 0 saturated carbocycles. The largest absolute Gasteiger partial charge is 0.481 e. The number of rotatable bonds is 3. The van der Waals surface area contributed by atoms with Crippen LogP contribution in [0.4, 0.5) is 0 Å². The molecule has 0 amide bonds. The lowest BCUT2D eigenvalue weighted by molar-refractivity contribution is -0.136. The van der Waals surface area contributed by atoms with Crippen LogP contribution in [0.25, 0.3) is 0 Å². The van der Waals surface area contributed by atoms with Crippen LogP contribution in [0.3, 0.4) is 0 Å². The van der Waals surface area contributed by atoms with E-state index in [0.29, 0.717) is 0 Å². The van der Waals surface area contributed by atoms with Gasteiger partial charge in [0.2, 0.25) is 0 Å². The summed E-state index contributed by atoms with van der Waals surface area (Å²) in [5, 5.41) is 8.16. The van der Waals surface area contributed by atoms with Crippen LogP contribution < -0.4 is 0 Å². The Labute approximate surface area is 62.7 Å². The average molecular weight is 193 g/mol. The molecule has 0 aliphatic rings. The molecule has 52 valence electrons. The zero-order valence-corrected chi connectivity index (χ0v) is 6.76. The molecule has 9 heavy (non-hydrogen) atoms. The molecule has 0 bridgehead atoms. The highest BCUT2D eigenvalue weighted by atomic mass is 79.9. The van der Waals surface area contributed by atoms with E-state index in [1.807, 2.05) is 6.92 Å². The van der Waals surface area contributed by atoms with E-state index in [-0.39, 0.29) is 11.2 Å². The number of carboxylic acid groups (broad SMARTS) is 1. The van der Waals surface area contributed by atoms with Crippen LogP contribution in [0.5, 0.6) is 0 Å². The van der Waals surface area contributed by atoms with Gasteiger partial charge in [-0.1, -0.05) is 28.1 Å². The predicted octanol–water partition coefficient (Wildman–Crippen LogP) is 1.80. The molecule has 1 N–H and O–H groups in total. The molecule has 0 aromatic heterocycles. The minimum atomic E-state index is -0.792. The highest BCUT2D eigenvalue weighted by Gasteiger charge is 1.90. The first-order chi connectivity index (χ1) is 4.13. The summed E-state index contributed by atoms with van der Waals surface area (Å²) in [5.41, 5.74) is 0. The molecule has 0 aromatic rings. The van der Waals surface area contributed by atoms with Gasteiger partial charge >= 0.3 is 5.97 Å². The van der Waals surface area contributed by atoms with Crippen molar-refractivity contribution in [3.8, 4) is 0 Å².